The summed E-state index contributed by atoms with van der Waals surface area (Å²) in [6, 6.07) is 7.99. The normalized spacial score (nSPS) is 22.8. The molecule has 1 fully saturated rings. The smallest absolute Gasteiger partial charge is 0.227 e. The van der Waals surface area contributed by atoms with Crippen LogP contribution in [0.3, 0.4) is 0 Å². The summed E-state index contributed by atoms with van der Waals surface area (Å²) in [6.07, 6.45) is 2.68. The van der Waals surface area contributed by atoms with Crippen molar-refractivity contribution in [3.8, 4) is 0 Å². The molecular weight excluding hydrogens is 304 g/mol. The molecule has 1 aliphatic rings. The van der Waals surface area contributed by atoms with Crippen molar-refractivity contribution in [2.24, 2.45) is 0 Å². The minimum absolute atomic E-state index is 0.0266. The van der Waals surface area contributed by atoms with E-state index in [1.807, 2.05) is 36.2 Å². The molecule has 104 valence electrons. The van der Waals surface area contributed by atoms with Gasteiger partial charge in [0, 0.05) is 17.6 Å². The van der Waals surface area contributed by atoms with Gasteiger partial charge >= 0.3 is 0 Å². The van der Waals surface area contributed by atoms with Gasteiger partial charge in [0.15, 0.2) is 0 Å². The number of carbonyl (C=O) groups excluding carboxylic acids is 1. The number of likely N-dealkylation sites (N-methyl/N-ethyl adjacent to an activating group) is 1. The molecule has 1 saturated heterocycles. The van der Waals surface area contributed by atoms with Gasteiger partial charge in [-0.3, -0.25) is 4.79 Å². The molecule has 19 heavy (non-hydrogen) atoms. The summed E-state index contributed by atoms with van der Waals surface area (Å²) >= 11 is 3.41. The molecule has 3 nitrogen and oxygen atoms in total. The van der Waals surface area contributed by atoms with E-state index in [-0.39, 0.29) is 11.4 Å². The lowest BCUT2D eigenvalue weighted by atomic mass is 9.98. The third kappa shape index (κ3) is 3.37. The summed E-state index contributed by atoms with van der Waals surface area (Å²) in [4.78, 5) is 14.5. The zero-order valence-corrected chi connectivity index (χ0v) is 13.2. The number of likely N-dealkylation sites (tertiary alicyclic amines) is 1. The Bertz CT molecular complexity index is 446. The summed E-state index contributed by atoms with van der Waals surface area (Å²) in [7, 11) is 1.95. The average Bonchev–Trinajstić information content (AvgIpc) is 2.74. The predicted octanol–water partition coefficient (Wildman–Crippen LogP) is 2.59. The first-order chi connectivity index (χ1) is 9.05. The number of hydrogen-bond donors (Lipinski definition) is 1. The molecule has 1 aromatic carbocycles. The van der Waals surface area contributed by atoms with E-state index in [1.165, 1.54) is 0 Å². The second-order valence-electron chi connectivity index (χ2n) is 5.48. The second kappa shape index (κ2) is 6.06. The molecule has 1 heterocycles. The first kappa shape index (κ1) is 14.5. The van der Waals surface area contributed by atoms with E-state index in [4.69, 9.17) is 0 Å². The lowest BCUT2D eigenvalue weighted by molar-refractivity contribution is -0.133. The maximum absolute atomic E-state index is 12.5. The van der Waals surface area contributed by atoms with Crippen molar-refractivity contribution in [3.63, 3.8) is 0 Å². The third-order valence-corrected chi connectivity index (χ3v) is 4.40. The van der Waals surface area contributed by atoms with E-state index in [0.29, 0.717) is 6.42 Å². The number of hydrogen-bond acceptors (Lipinski definition) is 2. The van der Waals surface area contributed by atoms with Crippen LogP contribution in [0, 0.1) is 0 Å². The molecule has 1 atom stereocenters. The third-order valence-electron chi connectivity index (χ3n) is 3.88. The lowest BCUT2D eigenvalue weighted by Crippen LogP contribution is -2.51. The summed E-state index contributed by atoms with van der Waals surface area (Å²) in [5.41, 5.74) is 1.05. The highest BCUT2D eigenvalue weighted by atomic mass is 79.9. The maximum Gasteiger partial charge on any atom is 0.227 e. The average molecular weight is 325 g/mol. The Morgan fingerprint density at radius 2 is 2.11 bits per heavy atom. The van der Waals surface area contributed by atoms with Crippen LogP contribution in [-0.2, 0) is 11.2 Å². The maximum atomic E-state index is 12.5. The molecule has 1 N–H and O–H groups in total. The molecule has 0 saturated carbocycles. The quantitative estimate of drug-likeness (QED) is 0.923. The minimum Gasteiger partial charge on any atom is -0.336 e. The van der Waals surface area contributed by atoms with Gasteiger partial charge in [0.1, 0.15) is 0 Å². The van der Waals surface area contributed by atoms with Crippen LogP contribution < -0.4 is 5.32 Å². The summed E-state index contributed by atoms with van der Waals surface area (Å²) in [5.74, 6) is 0.234. The Morgan fingerprint density at radius 1 is 1.42 bits per heavy atom. The largest absolute Gasteiger partial charge is 0.336 e. The van der Waals surface area contributed by atoms with Crippen LogP contribution >= 0.6 is 15.9 Å². The Balaban J connectivity index is 2.05. The van der Waals surface area contributed by atoms with Crippen molar-refractivity contribution in [1.29, 1.82) is 0 Å². The van der Waals surface area contributed by atoms with Crippen LogP contribution in [0.2, 0.25) is 0 Å². The second-order valence-corrected chi connectivity index (χ2v) is 6.40. The van der Waals surface area contributed by atoms with Crippen LogP contribution in [0.4, 0.5) is 0 Å². The van der Waals surface area contributed by atoms with Crippen LogP contribution in [0.5, 0.6) is 0 Å². The van der Waals surface area contributed by atoms with Gasteiger partial charge in [-0.05, 0) is 44.5 Å². The molecule has 1 aromatic rings. The number of amides is 1. The predicted molar refractivity (Wildman–Crippen MR) is 81.1 cm³/mol. The Kier molecular flexibility index (Phi) is 4.63. The fourth-order valence-corrected chi connectivity index (χ4v) is 3.15. The number of nitrogens with zero attached hydrogens (tertiary/aromatic N) is 1. The summed E-state index contributed by atoms with van der Waals surface area (Å²) in [5, 5.41) is 3.21. The zero-order valence-electron chi connectivity index (χ0n) is 11.6. The van der Waals surface area contributed by atoms with Gasteiger partial charge in [-0.25, -0.2) is 0 Å². The highest BCUT2D eigenvalue weighted by molar-refractivity contribution is 9.10. The number of benzene rings is 1. The van der Waals surface area contributed by atoms with Crippen molar-refractivity contribution in [3.05, 3.63) is 34.3 Å². The van der Waals surface area contributed by atoms with E-state index in [2.05, 4.69) is 28.2 Å². The number of carbonyl (C=O) groups is 1. The first-order valence-electron chi connectivity index (χ1n) is 6.75. The lowest BCUT2D eigenvalue weighted by Gasteiger charge is -2.35. The van der Waals surface area contributed by atoms with Crippen molar-refractivity contribution in [2.45, 2.75) is 31.7 Å². The number of rotatable bonds is 4. The highest BCUT2D eigenvalue weighted by Gasteiger charge is 2.38. The highest BCUT2D eigenvalue weighted by Crippen LogP contribution is 2.29. The fourth-order valence-electron chi connectivity index (χ4n) is 2.89. The Labute approximate surface area is 123 Å². The van der Waals surface area contributed by atoms with E-state index < -0.39 is 0 Å². The van der Waals surface area contributed by atoms with Crippen molar-refractivity contribution in [2.75, 3.05) is 20.1 Å². The zero-order chi connectivity index (χ0) is 13.9. The minimum atomic E-state index is -0.0266. The molecule has 1 unspecified atom stereocenters. The molecule has 2 rings (SSSR count). The topological polar surface area (TPSA) is 32.3 Å². The molecule has 1 amide bonds. The monoisotopic (exact) mass is 324 g/mol. The number of halogens is 1. The number of nitrogens with one attached hydrogen (secondary N) is 1. The summed E-state index contributed by atoms with van der Waals surface area (Å²) < 4.78 is 1.05. The van der Waals surface area contributed by atoms with Gasteiger partial charge in [0.2, 0.25) is 5.91 Å². The van der Waals surface area contributed by atoms with E-state index in [0.717, 1.165) is 36.0 Å². The van der Waals surface area contributed by atoms with E-state index in [1.54, 1.807) is 0 Å². The SMILES string of the molecule is CNCC1(C)CCCN1C(=O)Cc1ccc(Br)cc1. The van der Waals surface area contributed by atoms with Gasteiger partial charge in [-0.15, -0.1) is 0 Å². The van der Waals surface area contributed by atoms with Crippen LogP contribution in [0.25, 0.3) is 0 Å². The van der Waals surface area contributed by atoms with E-state index in [9.17, 15) is 4.79 Å². The molecule has 0 aliphatic carbocycles. The van der Waals surface area contributed by atoms with Gasteiger partial charge in [-0.2, -0.15) is 0 Å². The molecule has 0 radical (unpaired) electrons. The standard InChI is InChI=1S/C15H21BrN2O/c1-15(11-17-2)8-3-9-18(15)14(19)10-12-4-6-13(16)7-5-12/h4-7,17H,3,8-11H2,1-2H3. The molecule has 0 bridgehead atoms. The Hall–Kier alpha value is -0.870. The van der Waals surface area contributed by atoms with Crippen molar-refractivity contribution < 1.29 is 4.79 Å². The molecule has 4 heteroatoms. The van der Waals surface area contributed by atoms with Crippen LogP contribution in [0.1, 0.15) is 25.3 Å². The fraction of sp³-hybridized carbons (Fsp3) is 0.533. The van der Waals surface area contributed by atoms with Crippen LogP contribution in [-0.4, -0.2) is 36.5 Å². The van der Waals surface area contributed by atoms with Gasteiger partial charge in [0.25, 0.3) is 0 Å². The van der Waals surface area contributed by atoms with Gasteiger partial charge < -0.3 is 10.2 Å². The van der Waals surface area contributed by atoms with Gasteiger partial charge in [0.05, 0.1) is 12.0 Å². The first-order valence-corrected chi connectivity index (χ1v) is 7.54. The van der Waals surface area contributed by atoms with Gasteiger partial charge in [-0.1, -0.05) is 28.1 Å². The molecule has 0 spiro atoms. The molecule has 1 aliphatic heterocycles. The van der Waals surface area contributed by atoms with Crippen molar-refractivity contribution >= 4 is 21.8 Å². The van der Waals surface area contributed by atoms with E-state index >= 15 is 0 Å². The molecule has 0 aromatic heterocycles. The molecular formula is C15H21BrN2O. The van der Waals surface area contributed by atoms with Crippen molar-refractivity contribution in [1.82, 2.24) is 10.2 Å². The summed E-state index contributed by atoms with van der Waals surface area (Å²) in [6.45, 7) is 3.92. The van der Waals surface area contributed by atoms with Crippen LogP contribution in [0.15, 0.2) is 28.7 Å². The Morgan fingerprint density at radius 3 is 2.74 bits per heavy atom.